The Bertz CT molecular complexity index is 459. The normalized spacial score (nSPS) is 10.1. The SMILES string of the molecule is COc1ccc2c(OI)nccc2c1. The first kappa shape index (κ1) is 9.51. The van der Waals surface area contributed by atoms with E-state index >= 15 is 0 Å². The summed E-state index contributed by atoms with van der Waals surface area (Å²) in [6.07, 6.45) is 1.72. The zero-order chi connectivity index (χ0) is 9.97. The number of halogens is 1. The third kappa shape index (κ3) is 1.61. The molecule has 0 fully saturated rings. The molecule has 0 atom stereocenters. The van der Waals surface area contributed by atoms with Crippen LogP contribution in [0.2, 0.25) is 0 Å². The lowest BCUT2D eigenvalue weighted by atomic mass is 10.1. The summed E-state index contributed by atoms with van der Waals surface area (Å²) in [5.74, 6) is 1.47. The van der Waals surface area contributed by atoms with Crippen LogP contribution in [0.25, 0.3) is 10.8 Å². The summed E-state index contributed by atoms with van der Waals surface area (Å²) in [4.78, 5) is 4.11. The van der Waals surface area contributed by atoms with Gasteiger partial charge in [-0.1, -0.05) is 0 Å². The van der Waals surface area contributed by atoms with E-state index in [1.54, 1.807) is 13.3 Å². The van der Waals surface area contributed by atoms with Gasteiger partial charge in [0.15, 0.2) is 23.0 Å². The highest BCUT2D eigenvalue weighted by molar-refractivity contribution is 14.1. The van der Waals surface area contributed by atoms with Crippen molar-refractivity contribution in [1.82, 2.24) is 4.98 Å². The van der Waals surface area contributed by atoms with E-state index in [9.17, 15) is 0 Å². The Morgan fingerprint density at radius 2 is 2.14 bits per heavy atom. The number of ether oxygens (including phenoxy) is 1. The Labute approximate surface area is 95.7 Å². The quantitative estimate of drug-likeness (QED) is 0.799. The van der Waals surface area contributed by atoms with E-state index in [0.29, 0.717) is 5.88 Å². The Kier molecular flexibility index (Phi) is 2.72. The fraction of sp³-hybridized carbons (Fsp3) is 0.100. The molecule has 0 saturated carbocycles. The molecule has 1 heterocycles. The van der Waals surface area contributed by atoms with Crippen molar-refractivity contribution in [3.8, 4) is 11.6 Å². The second-order valence-electron chi connectivity index (χ2n) is 2.78. The van der Waals surface area contributed by atoms with E-state index in [1.165, 1.54) is 0 Å². The van der Waals surface area contributed by atoms with Crippen LogP contribution in [0.4, 0.5) is 0 Å². The van der Waals surface area contributed by atoms with E-state index in [4.69, 9.17) is 7.80 Å². The fourth-order valence-corrected chi connectivity index (χ4v) is 1.67. The Morgan fingerprint density at radius 3 is 2.86 bits per heavy atom. The van der Waals surface area contributed by atoms with Crippen LogP contribution in [0.5, 0.6) is 11.6 Å². The Balaban J connectivity index is 2.67. The van der Waals surface area contributed by atoms with Gasteiger partial charge in [-0.3, -0.25) is 0 Å². The third-order valence-corrected chi connectivity index (χ3v) is 2.43. The van der Waals surface area contributed by atoms with Crippen molar-refractivity contribution in [3.63, 3.8) is 0 Å². The molecule has 0 radical (unpaired) electrons. The second kappa shape index (κ2) is 4.00. The molecule has 0 saturated heterocycles. The highest BCUT2D eigenvalue weighted by Crippen LogP contribution is 2.27. The molecular formula is C10H8INO2. The molecule has 0 aliphatic heterocycles. The molecule has 0 N–H and O–H groups in total. The van der Waals surface area contributed by atoms with Crippen LogP contribution in [0.15, 0.2) is 30.5 Å². The molecule has 2 rings (SSSR count). The molecular weight excluding hydrogens is 293 g/mol. The molecule has 72 valence electrons. The fourth-order valence-electron chi connectivity index (χ4n) is 1.32. The van der Waals surface area contributed by atoms with E-state index in [1.807, 2.05) is 47.3 Å². The molecule has 14 heavy (non-hydrogen) atoms. The lowest BCUT2D eigenvalue weighted by Gasteiger charge is -2.04. The molecule has 4 heteroatoms. The first-order chi connectivity index (χ1) is 6.85. The number of nitrogens with zero attached hydrogens (tertiary/aromatic N) is 1. The van der Waals surface area contributed by atoms with Crippen LogP contribution in [-0.2, 0) is 0 Å². The van der Waals surface area contributed by atoms with Crippen molar-refractivity contribution in [2.75, 3.05) is 7.11 Å². The van der Waals surface area contributed by atoms with Crippen molar-refractivity contribution in [2.24, 2.45) is 0 Å². The predicted molar refractivity (Wildman–Crippen MR) is 62.9 cm³/mol. The van der Waals surface area contributed by atoms with E-state index in [2.05, 4.69) is 4.98 Å². The number of benzene rings is 1. The van der Waals surface area contributed by atoms with Gasteiger partial charge in [0, 0.05) is 11.6 Å². The maximum Gasteiger partial charge on any atom is 0.232 e. The van der Waals surface area contributed by atoms with Gasteiger partial charge in [-0.2, -0.15) is 0 Å². The molecule has 3 nitrogen and oxygen atoms in total. The topological polar surface area (TPSA) is 31.4 Å². The van der Waals surface area contributed by atoms with Crippen LogP contribution in [-0.4, -0.2) is 12.1 Å². The molecule has 0 spiro atoms. The van der Waals surface area contributed by atoms with Gasteiger partial charge in [-0.25, -0.2) is 4.98 Å². The lowest BCUT2D eigenvalue weighted by molar-refractivity contribution is 0.415. The number of fused-ring (bicyclic) bond motifs is 1. The van der Waals surface area contributed by atoms with Gasteiger partial charge in [0.05, 0.1) is 7.11 Å². The molecule has 1 aromatic carbocycles. The average Bonchev–Trinajstić information content (AvgIpc) is 2.27. The van der Waals surface area contributed by atoms with Crippen molar-refractivity contribution < 1.29 is 7.80 Å². The highest BCUT2D eigenvalue weighted by Gasteiger charge is 2.03. The van der Waals surface area contributed by atoms with Crippen molar-refractivity contribution in [1.29, 1.82) is 0 Å². The van der Waals surface area contributed by atoms with Gasteiger partial charge in [-0.05, 0) is 29.7 Å². The van der Waals surface area contributed by atoms with Crippen molar-refractivity contribution >= 4 is 33.8 Å². The standard InChI is InChI=1S/C10H8INO2/c1-13-8-2-3-9-7(6-8)4-5-12-10(9)14-11/h2-6H,1H3. The number of hydrogen-bond donors (Lipinski definition) is 0. The molecule has 0 aliphatic carbocycles. The average molecular weight is 301 g/mol. The molecule has 0 unspecified atom stereocenters. The van der Waals surface area contributed by atoms with Crippen LogP contribution >= 0.6 is 23.0 Å². The number of methoxy groups -OCH3 is 1. The molecule has 2 aromatic rings. The van der Waals surface area contributed by atoms with E-state index < -0.39 is 0 Å². The van der Waals surface area contributed by atoms with Crippen LogP contribution in [0.1, 0.15) is 0 Å². The number of rotatable bonds is 2. The van der Waals surface area contributed by atoms with Crippen molar-refractivity contribution in [2.45, 2.75) is 0 Å². The first-order valence-electron chi connectivity index (χ1n) is 4.06. The zero-order valence-electron chi connectivity index (χ0n) is 7.53. The smallest absolute Gasteiger partial charge is 0.232 e. The van der Waals surface area contributed by atoms with E-state index in [-0.39, 0.29) is 0 Å². The molecule has 1 aromatic heterocycles. The van der Waals surface area contributed by atoms with Gasteiger partial charge >= 0.3 is 0 Å². The van der Waals surface area contributed by atoms with Crippen molar-refractivity contribution in [3.05, 3.63) is 30.5 Å². The minimum atomic E-state index is 0.630. The first-order valence-corrected chi connectivity index (χ1v) is 4.94. The van der Waals surface area contributed by atoms with Gasteiger partial charge in [-0.15, -0.1) is 0 Å². The van der Waals surface area contributed by atoms with Crippen LogP contribution < -0.4 is 7.80 Å². The molecule has 0 amide bonds. The zero-order valence-corrected chi connectivity index (χ0v) is 9.69. The summed E-state index contributed by atoms with van der Waals surface area (Å²) < 4.78 is 10.3. The van der Waals surface area contributed by atoms with Gasteiger partial charge in [0.2, 0.25) is 5.88 Å². The van der Waals surface area contributed by atoms with Gasteiger partial charge < -0.3 is 7.80 Å². The minimum Gasteiger partial charge on any atom is -0.497 e. The lowest BCUT2D eigenvalue weighted by Crippen LogP contribution is -1.85. The monoisotopic (exact) mass is 301 g/mol. The largest absolute Gasteiger partial charge is 0.497 e. The van der Waals surface area contributed by atoms with Crippen LogP contribution in [0.3, 0.4) is 0 Å². The number of hydrogen-bond acceptors (Lipinski definition) is 3. The van der Waals surface area contributed by atoms with Crippen LogP contribution in [0, 0.1) is 0 Å². The number of aromatic nitrogens is 1. The summed E-state index contributed by atoms with van der Waals surface area (Å²) in [6.45, 7) is 0. The molecule has 0 aliphatic rings. The number of pyridine rings is 1. The maximum absolute atomic E-state index is 5.13. The molecule has 0 bridgehead atoms. The minimum absolute atomic E-state index is 0.630. The van der Waals surface area contributed by atoms with Gasteiger partial charge in [0.1, 0.15) is 5.75 Å². The summed E-state index contributed by atoms with van der Waals surface area (Å²) in [6, 6.07) is 7.71. The highest BCUT2D eigenvalue weighted by atomic mass is 127. The summed E-state index contributed by atoms with van der Waals surface area (Å²) in [5.41, 5.74) is 0. The summed E-state index contributed by atoms with van der Waals surface area (Å²) in [5, 5.41) is 2.05. The Hall–Kier alpha value is -1.04. The van der Waals surface area contributed by atoms with E-state index in [0.717, 1.165) is 16.5 Å². The maximum atomic E-state index is 5.13. The van der Waals surface area contributed by atoms with Gasteiger partial charge in [0.25, 0.3) is 0 Å². The summed E-state index contributed by atoms with van der Waals surface area (Å²) >= 11 is 1.83. The summed E-state index contributed by atoms with van der Waals surface area (Å²) in [7, 11) is 1.65. The third-order valence-electron chi connectivity index (χ3n) is 2.01. The predicted octanol–water partition coefficient (Wildman–Crippen LogP) is 2.97. The second-order valence-corrected chi connectivity index (χ2v) is 3.22. The Morgan fingerprint density at radius 1 is 1.29 bits per heavy atom.